The summed E-state index contributed by atoms with van der Waals surface area (Å²) in [5, 5.41) is 31.7. The molecule has 166 valence electrons. The molecule has 3 N–H and O–H groups in total. The van der Waals surface area contributed by atoms with Crippen LogP contribution >= 0.6 is 11.6 Å². The molecule has 3 aromatic rings. The monoisotopic (exact) mass is 451 g/mol. The number of halogens is 1. The number of amides is 2. The van der Waals surface area contributed by atoms with Crippen LogP contribution in [0.2, 0.25) is 5.02 Å². The summed E-state index contributed by atoms with van der Waals surface area (Å²) >= 11 is 6.28. The first-order valence-electron chi connectivity index (χ1n) is 10.7. The van der Waals surface area contributed by atoms with Gasteiger partial charge in [-0.2, -0.15) is 10.4 Å². The molecular formula is C24H26ClN5O2. The summed E-state index contributed by atoms with van der Waals surface area (Å²) in [6.07, 6.45) is 2.53. The number of piperidine rings is 1. The van der Waals surface area contributed by atoms with E-state index in [0.717, 1.165) is 29.3 Å². The third kappa shape index (κ3) is 4.29. The Hall–Kier alpha value is -3.08. The van der Waals surface area contributed by atoms with Gasteiger partial charge in [0.1, 0.15) is 0 Å². The van der Waals surface area contributed by atoms with Gasteiger partial charge in [-0.15, -0.1) is 0 Å². The first-order chi connectivity index (χ1) is 15.3. The average molecular weight is 452 g/mol. The molecule has 0 saturated carbocycles. The summed E-state index contributed by atoms with van der Waals surface area (Å²) in [5.74, 6) is 0.223. The topological polar surface area (TPSA) is 105 Å². The fraction of sp³-hybridized carbons (Fsp3) is 0.375. The van der Waals surface area contributed by atoms with Gasteiger partial charge in [0.2, 0.25) is 0 Å². The molecule has 2 heterocycles. The Labute approximate surface area is 192 Å². The number of nitrogens with zero attached hydrogens (tertiary/aromatic N) is 3. The van der Waals surface area contributed by atoms with Gasteiger partial charge in [-0.25, -0.2) is 4.79 Å². The zero-order valence-electron chi connectivity index (χ0n) is 18.1. The molecule has 1 aromatic heterocycles. The van der Waals surface area contributed by atoms with Gasteiger partial charge in [-0.05, 0) is 54.5 Å². The lowest BCUT2D eigenvalue weighted by Gasteiger charge is -2.43. The second-order valence-electron chi connectivity index (χ2n) is 8.94. The van der Waals surface area contributed by atoms with Gasteiger partial charge in [0.05, 0.1) is 29.5 Å². The van der Waals surface area contributed by atoms with Crippen molar-refractivity contribution in [3.8, 4) is 6.07 Å². The molecule has 1 saturated heterocycles. The summed E-state index contributed by atoms with van der Waals surface area (Å²) in [6, 6.07) is 12.4. The van der Waals surface area contributed by atoms with Crippen LogP contribution in [-0.2, 0) is 0 Å². The molecule has 7 nitrogen and oxygen atoms in total. The number of likely N-dealkylation sites (tertiary alicyclic amines) is 1. The van der Waals surface area contributed by atoms with Crippen molar-refractivity contribution in [2.45, 2.75) is 32.8 Å². The minimum atomic E-state index is -0.733. The standard InChI is InChI=1S/C24H26ClN5O2/c1-24(2,22(31)20-12-18(25)11-16-14-27-29-21(16)20)17-6-8-30(9-7-17)23(32)28-19-5-3-4-15(10-19)13-26/h3-5,10-12,14,17,22,31H,6-9H2,1-2H3,(H,27,29)(H,28,32)/t22-/m1/s1. The van der Waals surface area contributed by atoms with Gasteiger partial charge in [-0.3, -0.25) is 5.10 Å². The fourth-order valence-electron chi connectivity index (χ4n) is 4.58. The van der Waals surface area contributed by atoms with Crippen LogP contribution in [-0.4, -0.2) is 39.3 Å². The lowest BCUT2D eigenvalue weighted by atomic mass is 9.68. The number of benzene rings is 2. The first kappa shape index (κ1) is 22.1. The van der Waals surface area contributed by atoms with Crippen LogP contribution in [0.3, 0.4) is 0 Å². The van der Waals surface area contributed by atoms with E-state index in [-0.39, 0.29) is 11.9 Å². The maximum atomic E-state index is 12.7. The molecule has 8 heteroatoms. The number of anilines is 1. The number of carbonyl (C=O) groups excluding carboxylic acids is 1. The SMILES string of the molecule is CC(C)(C1CCN(C(=O)Nc2cccc(C#N)c2)CC1)[C@H](O)c1cc(Cl)cc2cn[nH]c12. The van der Waals surface area contributed by atoms with E-state index in [4.69, 9.17) is 16.9 Å². The van der Waals surface area contributed by atoms with Gasteiger partial charge < -0.3 is 15.3 Å². The third-order valence-electron chi connectivity index (χ3n) is 6.62. The van der Waals surface area contributed by atoms with E-state index in [9.17, 15) is 9.90 Å². The Balaban J connectivity index is 1.43. The van der Waals surface area contributed by atoms with E-state index >= 15 is 0 Å². The number of H-pyrrole nitrogens is 1. The summed E-state index contributed by atoms with van der Waals surface area (Å²) in [5.41, 5.74) is 2.23. The highest BCUT2D eigenvalue weighted by molar-refractivity contribution is 6.31. The third-order valence-corrected chi connectivity index (χ3v) is 6.84. The zero-order chi connectivity index (χ0) is 22.9. The molecule has 2 amide bonds. The quantitative estimate of drug-likeness (QED) is 0.513. The second-order valence-corrected chi connectivity index (χ2v) is 9.37. The van der Waals surface area contributed by atoms with Crippen LogP contribution in [0, 0.1) is 22.7 Å². The second kappa shape index (κ2) is 8.81. The molecule has 0 bridgehead atoms. The highest BCUT2D eigenvalue weighted by atomic mass is 35.5. The van der Waals surface area contributed by atoms with Gasteiger partial charge in [0, 0.05) is 34.7 Å². The Bertz CT molecular complexity index is 1170. The number of nitrogens with one attached hydrogen (secondary N) is 2. The number of fused-ring (bicyclic) bond motifs is 1. The number of rotatable bonds is 4. The molecule has 0 unspecified atom stereocenters. The largest absolute Gasteiger partial charge is 0.388 e. The molecule has 1 atom stereocenters. The Morgan fingerprint density at radius 2 is 2.09 bits per heavy atom. The van der Waals surface area contributed by atoms with Gasteiger partial charge in [0.25, 0.3) is 0 Å². The van der Waals surface area contributed by atoms with Crippen molar-refractivity contribution >= 4 is 34.2 Å². The summed E-state index contributed by atoms with van der Waals surface area (Å²) < 4.78 is 0. The van der Waals surface area contributed by atoms with Gasteiger partial charge >= 0.3 is 6.03 Å². The van der Waals surface area contributed by atoms with Crippen molar-refractivity contribution in [1.82, 2.24) is 15.1 Å². The number of aromatic nitrogens is 2. The van der Waals surface area contributed by atoms with Crippen molar-refractivity contribution in [2.75, 3.05) is 18.4 Å². The number of carbonyl (C=O) groups is 1. The normalized spacial score (nSPS) is 16.0. The predicted molar refractivity (Wildman–Crippen MR) is 124 cm³/mol. The first-order valence-corrected chi connectivity index (χ1v) is 11.0. The number of aromatic amines is 1. The average Bonchev–Trinajstić information content (AvgIpc) is 3.26. The Morgan fingerprint density at radius 1 is 1.34 bits per heavy atom. The molecule has 1 aliphatic heterocycles. The van der Waals surface area contributed by atoms with Crippen LogP contribution in [0.1, 0.15) is 43.9 Å². The maximum absolute atomic E-state index is 12.7. The summed E-state index contributed by atoms with van der Waals surface area (Å²) in [4.78, 5) is 14.5. The molecule has 32 heavy (non-hydrogen) atoms. The Morgan fingerprint density at radius 3 is 2.81 bits per heavy atom. The van der Waals surface area contributed by atoms with E-state index < -0.39 is 11.5 Å². The van der Waals surface area contributed by atoms with E-state index in [1.165, 1.54) is 0 Å². The zero-order valence-corrected chi connectivity index (χ0v) is 18.9. The number of nitriles is 1. The van der Waals surface area contributed by atoms with Gasteiger partial charge in [-0.1, -0.05) is 31.5 Å². The van der Waals surface area contributed by atoms with E-state index in [2.05, 4.69) is 35.4 Å². The predicted octanol–water partition coefficient (Wildman–Crippen LogP) is 5.09. The highest BCUT2D eigenvalue weighted by Crippen LogP contribution is 2.46. The minimum Gasteiger partial charge on any atom is -0.388 e. The number of urea groups is 1. The van der Waals surface area contributed by atoms with Crippen molar-refractivity contribution in [2.24, 2.45) is 11.3 Å². The van der Waals surface area contributed by atoms with Crippen LogP contribution in [0.4, 0.5) is 10.5 Å². The molecule has 2 aromatic carbocycles. The molecule has 0 aliphatic carbocycles. The van der Waals surface area contributed by atoms with Crippen molar-refractivity contribution in [1.29, 1.82) is 5.26 Å². The van der Waals surface area contributed by atoms with Crippen LogP contribution in [0.15, 0.2) is 42.6 Å². The summed E-state index contributed by atoms with van der Waals surface area (Å²) in [6.45, 7) is 5.32. The smallest absolute Gasteiger partial charge is 0.321 e. The van der Waals surface area contributed by atoms with Crippen LogP contribution < -0.4 is 5.32 Å². The van der Waals surface area contributed by atoms with E-state index in [0.29, 0.717) is 29.4 Å². The highest BCUT2D eigenvalue weighted by Gasteiger charge is 2.40. The van der Waals surface area contributed by atoms with Crippen LogP contribution in [0.5, 0.6) is 0 Å². The van der Waals surface area contributed by atoms with Crippen LogP contribution in [0.25, 0.3) is 10.9 Å². The Kier molecular flexibility index (Phi) is 6.09. The lowest BCUT2D eigenvalue weighted by Crippen LogP contribution is -2.45. The lowest BCUT2D eigenvalue weighted by molar-refractivity contribution is -0.0138. The molecule has 0 radical (unpaired) electrons. The van der Waals surface area contributed by atoms with Crippen molar-refractivity contribution < 1.29 is 9.90 Å². The van der Waals surface area contributed by atoms with E-state index in [1.807, 2.05) is 6.07 Å². The van der Waals surface area contributed by atoms with Crippen molar-refractivity contribution in [3.63, 3.8) is 0 Å². The maximum Gasteiger partial charge on any atom is 0.321 e. The van der Waals surface area contributed by atoms with Crippen molar-refractivity contribution in [3.05, 3.63) is 58.7 Å². The number of aliphatic hydroxyl groups is 1. The number of hydrogen-bond donors (Lipinski definition) is 3. The number of aliphatic hydroxyl groups excluding tert-OH is 1. The molecular weight excluding hydrogens is 426 g/mol. The summed E-state index contributed by atoms with van der Waals surface area (Å²) in [7, 11) is 0. The fourth-order valence-corrected chi connectivity index (χ4v) is 4.82. The van der Waals surface area contributed by atoms with E-state index in [1.54, 1.807) is 41.4 Å². The minimum absolute atomic E-state index is 0.175. The van der Waals surface area contributed by atoms with Gasteiger partial charge in [0.15, 0.2) is 0 Å². The number of hydrogen-bond acceptors (Lipinski definition) is 4. The molecule has 4 rings (SSSR count). The molecule has 1 aliphatic rings. The molecule has 0 spiro atoms. The molecule has 1 fully saturated rings.